The lowest BCUT2D eigenvalue weighted by Crippen LogP contribution is -2.27. The molecule has 1 rings (SSSR count). The van der Waals surface area contributed by atoms with Crippen LogP contribution in [0.4, 0.5) is 0 Å². The fraction of sp³-hybridized carbons (Fsp3) is 0.417. The number of rotatable bonds is 5. The molecule has 3 nitrogen and oxygen atoms in total. The van der Waals surface area contributed by atoms with E-state index in [1.807, 2.05) is 19.1 Å². The second-order valence-electron chi connectivity index (χ2n) is 3.86. The fourth-order valence-corrected chi connectivity index (χ4v) is 2.14. The van der Waals surface area contributed by atoms with Gasteiger partial charge in [0.15, 0.2) is 0 Å². The summed E-state index contributed by atoms with van der Waals surface area (Å²) in [6, 6.07) is 7.24. The van der Waals surface area contributed by atoms with Gasteiger partial charge < -0.3 is 5.32 Å². The molecule has 0 saturated heterocycles. The number of carbonyl (C=O) groups is 1. The van der Waals surface area contributed by atoms with E-state index in [4.69, 9.17) is 0 Å². The Morgan fingerprint density at radius 2 is 2.24 bits per heavy atom. The molecule has 0 radical (unpaired) electrons. The van der Waals surface area contributed by atoms with Crippen molar-refractivity contribution in [1.82, 2.24) is 5.32 Å². The molecule has 0 bridgehead atoms. The molecule has 0 aliphatic rings. The lowest BCUT2D eigenvalue weighted by molar-refractivity contribution is 0.0953. The molecule has 0 fully saturated rings. The van der Waals surface area contributed by atoms with E-state index in [1.54, 1.807) is 18.4 Å². The van der Waals surface area contributed by atoms with Crippen LogP contribution in [-0.2, 0) is 10.8 Å². The van der Waals surface area contributed by atoms with E-state index < -0.39 is 10.8 Å². The Kier molecular flexibility index (Phi) is 5.85. The van der Waals surface area contributed by atoms with Crippen molar-refractivity contribution in [3.05, 3.63) is 34.3 Å². The highest BCUT2D eigenvalue weighted by Gasteiger charge is 2.08. The number of amides is 1. The normalized spacial score (nSPS) is 14.1. The van der Waals surface area contributed by atoms with Gasteiger partial charge in [0.1, 0.15) is 0 Å². The highest BCUT2D eigenvalue weighted by atomic mass is 79.9. The van der Waals surface area contributed by atoms with Crippen LogP contribution >= 0.6 is 15.9 Å². The Hall–Kier alpha value is -0.680. The van der Waals surface area contributed by atoms with E-state index >= 15 is 0 Å². The number of benzene rings is 1. The Labute approximate surface area is 113 Å². The molecule has 2 atom stereocenters. The molecule has 17 heavy (non-hydrogen) atoms. The Morgan fingerprint density at radius 3 is 2.82 bits per heavy atom. The van der Waals surface area contributed by atoms with Gasteiger partial charge in [-0.25, -0.2) is 0 Å². The zero-order chi connectivity index (χ0) is 12.8. The van der Waals surface area contributed by atoms with Gasteiger partial charge in [-0.05, 0) is 24.6 Å². The first-order valence-corrected chi connectivity index (χ1v) is 7.78. The van der Waals surface area contributed by atoms with Crippen molar-refractivity contribution in [2.75, 3.05) is 12.8 Å². The summed E-state index contributed by atoms with van der Waals surface area (Å²) >= 11 is 3.32. The van der Waals surface area contributed by atoms with Crippen LogP contribution in [0.25, 0.3) is 0 Å². The molecule has 0 heterocycles. The summed E-state index contributed by atoms with van der Waals surface area (Å²) in [6.45, 7) is 2.47. The molecule has 1 amide bonds. The summed E-state index contributed by atoms with van der Waals surface area (Å²) < 4.78 is 12.0. The smallest absolute Gasteiger partial charge is 0.251 e. The van der Waals surface area contributed by atoms with Crippen LogP contribution in [0.15, 0.2) is 28.7 Å². The van der Waals surface area contributed by atoms with E-state index in [2.05, 4.69) is 21.2 Å². The van der Waals surface area contributed by atoms with Crippen LogP contribution < -0.4 is 5.32 Å². The van der Waals surface area contributed by atoms with Gasteiger partial charge in [-0.2, -0.15) is 0 Å². The molecule has 0 aliphatic carbocycles. The van der Waals surface area contributed by atoms with Gasteiger partial charge in [0.25, 0.3) is 5.91 Å². The third kappa shape index (κ3) is 5.00. The average Bonchev–Trinajstić information content (AvgIpc) is 2.28. The van der Waals surface area contributed by atoms with Crippen molar-refractivity contribution >= 4 is 32.6 Å². The van der Waals surface area contributed by atoms with E-state index in [0.29, 0.717) is 12.1 Å². The van der Waals surface area contributed by atoms with Gasteiger partial charge in [0.2, 0.25) is 0 Å². The first-order valence-electron chi connectivity index (χ1n) is 5.36. The minimum absolute atomic E-state index is 0.0969. The number of carbonyl (C=O) groups excluding carboxylic acids is 1. The van der Waals surface area contributed by atoms with Gasteiger partial charge in [-0.15, -0.1) is 0 Å². The third-order valence-corrected chi connectivity index (χ3v) is 4.35. The molecular weight excluding hydrogens is 302 g/mol. The van der Waals surface area contributed by atoms with E-state index in [9.17, 15) is 9.00 Å². The third-order valence-electron chi connectivity index (χ3n) is 2.49. The first kappa shape index (κ1) is 14.4. The number of nitrogens with one attached hydrogen (secondary N) is 1. The molecule has 0 aromatic heterocycles. The van der Waals surface area contributed by atoms with Crippen LogP contribution in [0.3, 0.4) is 0 Å². The molecule has 0 saturated carbocycles. The number of hydrogen-bond acceptors (Lipinski definition) is 2. The molecule has 2 unspecified atom stereocenters. The van der Waals surface area contributed by atoms with Crippen molar-refractivity contribution in [3.8, 4) is 0 Å². The lowest BCUT2D eigenvalue weighted by Gasteiger charge is -2.09. The van der Waals surface area contributed by atoms with Crippen molar-refractivity contribution in [2.45, 2.75) is 18.6 Å². The van der Waals surface area contributed by atoms with Crippen LogP contribution in [0.5, 0.6) is 0 Å². The SMILES string of the molecule is CC(CCNC(=O)c1cccc(Br)c1)S(C)=O. The van der Waals surface area contributed by atoms with Crippen LogP contribution in [0, 0.1) is 0 Å². The maximum absolute atomic E-state index is 11.7. The van der Waals surface area contributed by atoms with Crippen molar-refractivity contribution < 1.29 is 9.00 Å². The average molecular weight is 318 g/mol. The monoisotopic (exact) mass is 317 g/mol. The number of hydrogen-bond donors (Lipinski definition) is 1. The molecule has 1 aromatic carbocycles. The Balaban J connectivity index is 2.43. The number of halogens is 1. The van der Waals surface area contributed by atoms with Gasteiger partial charge in [0, 0.05) is 38.9 Å². The molecule has 94 valence electrons. The minimum atomic E-state index is -0.832. The molecule has 5 heteroatoms. The van der Waals surface area contributed by atoms with E-state index in [1.165, 1.54) is 0 Å². The summed E-state index contributed by atoms with van der Waals surface area (Å²) in [5, 5.41) is 2.93. The molecule has 1 aromatic rings. The zero-order valence-electron chi connectivity index (χ0n) is 9.90. The summed E-state index contributed by atoms with van der Waals surface area (Å²) in [7, 11) is -0.832. The topological polar surface area (TPSA) is 46.2 Å². The predicted molar refractivity (Wildman–Crippen MR) is 74.6 cm³/mol. The van der Waals surface area contributed by atoms with Crippen molar-refractivity contribution in [2.24, 2.45) is 0 Å². The quantitative estimate of drug-likeness (QED) is 0.906. The molecule has 1 N–H and O–H groups in total. The minimum Gasteiger partial charge on any atom is -0.352 e. The molecule has 0 aliphatic heterocycles. The van der Waals surface area contributed by atoms with Gasteiger partial charge in [-0.3, -0.25) is 9.00 Å². The fourth-order valence-electron chi connectivity index (χ4n) is 1.29. The summed E-state index contributed by atoms with van der Waals surface area (Å²) in [6.07, 6.45) is 2.41. The highest BCUT2D eigenvalue weighted by Crippen LogP contribution is 2.11. The van der Waals surface area contributed by atoms with Crippen molar-refractivity contribution in [1.29, 1.82) is 0 Å². The van der Waals surface area contributed by atoms with Gasteiger partial charge in [-0.1, -0.05) is 28.9 Å². The summed E-state index contributed by atoms with van der Waals surface area (Å²) in [4.78, 5) is 11.7. The Bertz CT molecular complexity index is 423. The summed E-state index contributed by atoms with van der Waals surface area (Å²) in [5.74, 6) is -0.0969. The zero-order valence-corrected chi connectivity index (χ0v) is 12.3. The van der Waals surface area contributed by atoms with Crippen LogP contribution in [-0.4, -0.2) is 28.2 Å². The van der Waals surface area contributed by atoms with Crippen molar-refractivity contribution in [3.63, 3.8) is 0 Å². The molecule has 0 spiro atoms. The van der Waals surface area contributed by atoms with Crippen LogP contribution in [0.2, 0.25) is 0 Å². The lowest BCUT2D eigenvalue weighted by atomic mass is 10.2. The summed E-state index contributed by atoms with van der Waals surface area (Å²) in [5.41, 5.74) is 0.629. The van der Waals surface area contributed by atoms with E-state index in [-0.39, 0.29) is 11.2 Å². The van der Waals surface area contributed by atoms with Gasteiger partial charge >= 0.3 is 0 Å². The largest absolute Gasteiger partial charge is 0.352 e. The molecular formula is C12H16BrNO2S. The van der Waals surface area contributed by atoms with E-state index in [0.717, 1.165) is 10.9 Å². The standard InChI is InChI=1S/C12H16BrNO2S/c1-9(17(2)16)6-7-14-12(15)10-4-3-5-11(13)8-10/h3-5,8-9H,6-7H2,1-2H3,(H,14,15). The van der Waals surface area contributed by atoms with Gasteiger partial charge in [0.05, 0.1) is 0 Å². The first-order chi connectivity index (χ1) is 8.00. The predicted octanol–water partition coefficient (Wildman–Crippen LogP) is 2.34. The maximum atomic E-state index is 11.7. The Morgan fingerprint density at radius 1 is 1.53 bits per heavy atom. The second-order valence-corrected chi connectivity index (χ2v) is 6.58. The second kappa shape index (κ2) is 6.91. The maximum Gasteiger partial charge on any atom is 0.251 e. The highest BCUT2D eigenvalue weighted by molar-refractivity contribution is 9.10. The van der Waals surface area contributed by atoms with Crippen LogP contribution in [0.1, 0.15) is 23.7 Å².